The number of urea groups is 1. The summed E-state index contributed by atoms with van der Waals surface area (Å²) in [5.74, 6) is 0.432. The molecule has 2 aliphatic heterocycles. The van der Waals surface area contributed by atoms with E-state index in [1.54, 1.807) is 17.0 Å². The second-order valence-corrected chi connectivity index (χ2v) is 7.93. The van der Waals surface area contributed by atoms with E-state index in [9.17, 15) is 14.0 Å². The number of amides is 3. The average molecular weight is 375 g/mol. The molecule has 3 fully saturated rings. The van der Waals surface area contributed by atoms with Crippen molar-refractivity contribution in [1.82, 2.24) is 15.1 Å². The van der Waals surface area contributed by atoms with Gasteiger partial charge in [-0.05, 0) is 42.9 Å². The smallest absolute Gasteiger partial charge is 0.317 e. The third-order valence-corrected chi connectivity index (χ3v) is 5.82. The van der Waals surface area contributed by atoms with Gasteiger partial charge in [0, 0.05) is 39.2 Å². The molecule has 146 valence electrons. The first kappa shape index (κ1) is 18.2. The van der Waals surface area contributed by atoms with Crippen LogP contribution >= 0.6 is 0 Å². The first-order chi connectivity index (χ1) is 13.1. The van der Waals surface area contributed by atoms with Crippen LogP contribution in [0.2, 0.25) is 0 Å². The number of hydrogen-bond acceptors (Lipinski definition) is 3. The van der Waals surface area contributed by atoms with Gasteiger partial charge in [-0.15, -0.1) is 0 Å². The Bertz CT molecular complexity index is 699. The summed E-state index contributed by atoms with van der Waals surface area (Å²) in [6.07, 6.45) is 3.48. The highest BCUT2D eigenvalue weighted by Gasteiger charge is 2.48. The summed E-state index contributed by atoms with van der Waals surface area (Å²) in [5, 5.41) is 2.90. The second-order valence-electron chi connectivity index (χ2n) is 7.93. The molecule has 1 aromatic rings. The van der Waals surface area contributed by atoms with Gasteiger partial charge in [0.2, 0.25) is 5.91 Å². The van der Waals surface area contributed by atoms with Crippen LogP contribution in [0.4, 0.5) is 9.18 Å². The maximum absolute atomic E-state index is 13.0. The molecular weight excluding hydrogens is 349 g/mol. The maximum atomic E-state index is 13.0. The first-order valence-electron chi connectivity index (χ1n) is 9.71. The summed E-state index contributed by atoms with van der Waals surface area (Å²) in [5.41, 5.74) is 0.438. The van der Waals surface area contributed by atoms with Crippen molar-refractivity contribution in [3.05, 3.63) is 35.6 Å². The number of nitrogens with one attached hydrogen (secondary N) is 1. The molecule has 1 aliphatic carbocycles. The standard InChI is InChI=1S/C20H26FN3O3/c21-17-5-3-15(4-6-17)11-22-19(26)23-9-7-18(25)24(12-16-1-2-16)20(13-23)8-10-27-14-20/h3-6,16H,1-2,7-14H2,(H,22,26). The van der Waals surface area contributed by atoms with Gasteiger partial charge in [0.05, 0.1) is 12.1 Å². The molecule has 7 heteroatoms. The Morgan fingerprint density at radius 1 is 1.30 bits per heavy atom. The quantitative estimate of drug-likeness (QED) is 0.877. The number of carbonyl (C=O) groups is 2. The van der Waals surface area contributed by atoms with Crippen LogP contribution < -0.4 is 5.32 Å². The number of hydrogen-bond donors (Lipinski definition) is 1. The Morgan fingerprint density at radius 2 is 2.07 bits per heavy atom. The molecule has 27 heavy (non-hydrogen) atoms. The fourth-order valence-electron chi connectivity index (χ4n) is 4.00. The Kier molecular flexibility index (Phi) is 5.04. The lowest BCUT2D eigenvalue weighted by atomic mass is 9.95. The van der Waals surface area contributed by atoms with Crippen molar-refractivity contribution >= 4 is 11.9 Å². The highest BCUT2D eigenvalue weighted by atomic mass is 19.1. The summed E-state index contributed by atoms with van der Waals surface area (Å²) < 4.78 is 18.7. The molecule has 1 saturated carbocycles. The van der Waals surface area contributed by atoms with E-state index in [1.165, 1.54) is 25.0 Å². The van der Waals surface area contributed by atoms with E-state index in [1.807, 2.05) is 4.90 Å². The van der Waals surface area contributed by atoms with E-state index >= 15 is 0 Å². The zero-order valence-electron chi connectivity index (χ0n) is 15.5. The van der Waals surface area contributed by atoms with Crippen LogP contribution in [0.15, 0.2) is 24.3 Å². The minimum absolute atomic E-state index is 0.126. The van der Waals surface area contributed by atoms with Crippen LogP contribution in [0.1, 0.15) is 31.2 Å². The molecule has 1 unspecified atom stereocenters. The van der Waals surface area contributed by atoms with Crippen LogP contribution in [-0.2, 0) is 16.1 Å². The van der Waals surface area contributed by atoms with Gasteiger partial charge < -0.3 is 19.9 Å². The lowest BCUT2D eigenvalue weighted by Gasteiger charge is -2.40. The highest BCUT2D eigenvalue weighted by molar-refractivity contribution is 5.80. The van der Waals surface area contributed by atoms with Crippen molar-refractivity contribution in [2.75, 3.05) is 32.8 Å². The molecule has 1 atom stereocenters. The molecule has 3 amide bonds. The van der Waals surface area contributed by atoms with Gasteiger partial charge in [-0.1, -0.05) is 12.1 Å². The monoisotopic (exact) mass is 375 g/mol. The highest BCUT2D eigenvalue weighted by Crippen LogP contribution is 2.36. The SMILES string of the molecule is O=C(NCc1ccc(F)cc1)N1CCC(=O)N(CC2CC2)C2(CCOC2)C1. The zero-order valence-corrected chi connectivity index (χ0v) is 15.5. The van der Waals surface area contributed by atoms with Crippen LogP contribution in [0.5, 0.6) is 0 Å². The summed E-state index contributed by atoms with van der Waals surface area (Å²) in [6, 6.07) is 5.89. The number of ether oxygens (including phenoxy) is 1. The topological polar surface area (TPSA) is 61.9 Å². The molecule has 0 aromatic heterocycles. The average Bonchev–Trinajstić information content (AvgIpc) is 3.40. The number of benzene rings is 1. The second kappa shape index (κ2) is 7.46. The van der Waals surface area contributed by atoms with Crippen molar-refractivity contribution < 1.29 is 18.7 Å². The molecule has 6 nitrogen and oxygen atoms in total. The van der Waals surface area contributed by atoms with E-state index in [-0.39, 0.29) is 17.8 Å². The van der Waals surface area contributed by atoms with Crippen LogP contribution in [0.3, 0.4) is 0 Å². The van der Waals surface area contributed by atoms with Crippen molar-refractivity contribution in [1.29, 1.82) is 0 Å². The molecule has 1 spiro atoms. The molecule has 2 saturated heterocycles. The summed E-state index contributed by atoms with van der Waals surface area (Å²) in [7, 11) is 0. The van der Waals surface area contributed by atoms with Gasteiger partial charge in [-0.2, -0.15) is 0 Å². The first-order valence-corrected chi connectivity index (χ1v) is 9.71. The van der Waals surface area contributed by atoms with Crippen molar-refractivity contribution in [2.45, 2.75) is 37.8 Å². The fourth-order valence-corrected chi connectivity index (χ4v) is 4.00. The maximum Gasteiger partial charge on any atom is 0.317 e. The number of halogens is 1. The normalized spacial score (nSPS) is 25.7. The van der Waals surface area contributed by atoms with E-state index in [2.05, 4.69) is 5.32 Å². The van der Waals surface area contributed by atoms with E-state index in [0.717, 1.165) is 18.5 Å². The predicted octanol–water partition coefficient (Wildman–Crippen LogP) is 2.14. The molecular formula is C20H26FN3O3. The molecule has 1 aromatic carbocycles. The minimum atomic E-state index is -0.399. The third kappa shape index (κ3) is 4.08. The van der Waals surface area contributed by atoms with Crippen LogP contribution in [-0.4, -0.2) is 60.1 Å². The Morgan fingerprint density at radius 3 is 2.74 bits per heavy atom. The van der Waals surface area contributed by atoms with Gasteiger partial charge in [-0.25, -0.2) is 9.18 Å². The molecule has 4 rings (SSSR count). The van der Waals surface area contributed by atoms with Crippen molar-refractivity contribution in [3.8, 4) is 0 Å². The molecule has 1 N–H and O–H groups in total. The third-order valence-electron chi connectivity index (χ3n) is 5.82. The van der Waals surface area contributed by atoms with Gasteiger partial charge in [0.25, 0.3) is 0 Å². The fraction of sp³-hybridized carbons (Fsp3) is 0.600. The Balaban J connectivity index is 1.44. The molecule has 3 aliphatic rings. The largest absolute Gasteiger partial charge is 0.379 e. The molecule has 2 heterocycles. The Labute approximate surface area is 158 Å². The van der Waals surface area contributed by atoms with E-state index in [4.69, 9.17) is 4.74 Å². The van der Waals surface area contributed by atoms with Crippen molar-refractivity contribution in [3.63, 3.8) is 0 Å². The lowest BCUT2D eigenvalue weighted by molar-refractivity contribution is -0.136. The van der Waals surface area contributed by atoms with Crippen molar-refractivity contribution in [2.24, 2.45) is 5.92 Å². The Hall–Kier alpha value is -2.15. The van der Waals surface area contributed by atoms with Gasteiger partial charge in [0.15, 0.2) is 0 Å². The number of rotatable bonds is 4. The zero-order chi connectivity index (χ0) is 18.9. The van der Waals surface area contributed by atoms with Gasteiger partial charge in [0.1, 0.15) is 5.82 Å². The van der Waals surface area contributed by atoms with Crippen LogP contribution in [0, 0.1) is 11.7 Å². The number of nitrogens with zero attached hydrogens (tertiary/aromatic N) is 2. The molecule has 0 radical (unpaired) electrons. The lowest BCUT2D eigenvalue weighted by Crippen LogP contribution is -2.58. The number of carbonyl (C=O) groups excluding carboxylic acids is 2. The molecule has 0 bridgehead atoms. The summed E-state index contributed by atoms with van der Waals surface area (Å²) >= 11 is 0. The summed E-state index contributed by atoms with van der Waals surface area (Å²) in [6.45, 7) is 3.15. The van der Waals surface area contributed by atoms with Crippen LogP contribution in [0.25, 0.3) is 0 Å². The summed E-state index contributed by atoms with van der Waals surface area (Å²) in [4.78, 5) is 29.3. The van der Waals surface area contributed by atoms with Gasteiger partial charge >= 0.3 is 6.03 Å². The van der Waals surface area contributed by atoms with E-state index in [0.29, 0.717) is 45.2 Å². The van der Waals surface area contributed by atoms with E-state index < -0.39 is 5.54 Å². The van der Waals surface area contributed by atoms with Gasteiger partial charge in [-0.3, -0.25) is 4.79 Å². The minimum Gasteiger partial charge on any atom is -0.379 e. The predicted molar refractivity (Wildman–Crippen MR) is 97.4 cm³/mol.